The van der Waals surface area contributed by atoms with Crippen molar-refractivity contribution in [2.24, 2.45) is 7.05 Å². The van der Waals surface area contributed by atoms with Gasteiger partial charge in [0.1, 0.15) is 11.6 Å². The zero-order chi connectivity index (χ0) is 20.9. The average Bonchev–Trinajstić information content (AvgIpc) is 3.16. The first-order valence-corrected chi connectivity index (χ1v) is 10.0. The van der Waals surface area contributed by atoms with E-state index in [4.69, 9.17) is 0 Å². The number of rotatable bonds is 7. The van der Waals surface area contributed by atoms with Gasteiger partial charge in [-0.3, -0.25) is 14.4 Å². The number of aryl methyl sites for hydroxylation is 1. The highest BCUT2D eigenvalue weighted by Crippen LogP contribution is 2.18. The van der Waals surface area contributed by atoms with E-state index in [0.717, 1.165) is 25.3 Å². The van der Waals surface area contributed by atoms with Crippen molar-refractivity contribution in [1.29, 1.82) is 0 Å². The van der Waals surface area contributed by atoms with E-state index in [1.165, 1.54) is 11.1 Å². The fraction of sp³-hybridized carbons (Fsp3) is 0.318. The van der Waals surface area contributed by atoms with E-state index in [9.17, 15) is 9.90 Å². The van der Waals surface area contributed by atoms with Gasteiger partial charge in [0.15, 0.2) is 0 Å². The molecule has 1 unspecified atom stereocenters. The monoisotopic (exact) mass is 406 g/mol. The standard InChI is InChI=1S/C22H26N6O2/c1-27-21(7-10-25-27)26-20-12-17(6-9-23-20)22(30)24-13-19(29)15-28-11-8-16-4-2-3-5-18(16)14-28/h2-7,9-10,12,19,29H,8,11,13-15H2,1H3,(H,23,26)(H,24,30). The van der Waals surface area contributed by atoms with Crippen molar-refractivity contribution < 1.29 is 9.90 Å². The molecule has 0 spiro atoms. The second kappa shape index (κ2) is 9.06. The molecule has 1 amide bonds. The Morgan fingerprint density at radius 3 is 2.83 bits per heavy atom. The van der Waals surface area contributed by atoms with Crippen molar-refractivity contribution in [3.05, 3.63) is 71.5 Å². The highest BCUT2D eigenvalue weighted by atomic mass is 16.3. The van der Waals surface area contributed by atoms with Crippen LogP contribution in [-0.2, 0) is 20.0 Å². The van der Waals surface area contributed by atoms with Crippen molar-refractivity contribution in [3.63, 3.8) is 0 Å². The highest BCUT2D eigenvalue weighted by molar-refractivity contribution is 5.94. The zero-order valence-electron chi connectivity index (χ0n) is 17.0. The predicted octanol–water partition coefficient (Wildman–Crippen LogP) is 1.71. The molecule has 0 bridgehead atoms. The minimum absolute atomic E-state index is 0.198. The molecule has 3 heterocycles. The second-order valence-electron chi connectivity index (χ2n) is 7.51. The van der Waals surface area contributed by atoms with Crippen LogP contribution in [0.15, 0.2) is 54.9 Å². The molecule has 3 N–H and O–H groups in total. The number of hydrogen-bond donors (Lipinski definition) is 3. The van der Waals surface area contributed by atoms with Gasteiger partial charge in [0.2, 0.25) is 0 Å². The quantitative estimate of drug-likeness (QED) is 0.553. The molecule has 0 radical (unpaired) electrons. The van der Waals surface area contributed by atoms with E-state index in [1.54, 1.807) is 29.2 Å². The Balaban J connectivity index is 1.28. The number of pyridine rings is 1. The van der Waals surface area contributed by atoms with Crippen LogP contribution < -0.4 is 10.6 Å². The maximum Gasteiger partial charge on any atom is 0.251 e. The number of aromatic nitrogens is 3. The van der Waals surface area contributed by atoms with Crippen LogP contribution in [0.4, 0.5) is 11.6 Å². The molecular formula is C22H26N6O2. The van der Waals surface area contributed by atoms with Crippen LogP contribution in [0.5, 0.6) is 0 Å². The van der Waals surface area contributed by atoms with E-state index in [-0.39, 0.29) is 12.5 Å². The van der Waals surface area contributed by atoms with Gasteiger partial charge in [-0.25, -0.2) is 4.98 Å². The van der Waals surface area contributed by atoms with Gasteiger partial charge >= 0.3 is 0 Å². The summed E-state index contributed by atoms with van der Waals surface area (Å²) in [5, 5.41) is 20.4. The van der Waals surface area contributed by atoms with Crippen LogP contribution in [0.2, 0.25) is 0 Å². The van der Waals surface area contributed by atoms with Crippen molar-refractivity contribution in [2.75, 3.05) is 25.0 Å². The molecule has 1 aliphatic rings. The summed E-state index contributed by atoms with van der Waals surface area (Å²) in [4.78, 5) is 19.0. The number of carbonyl (C=O) groups is 1. The molecule has 8 heteroatoms. The lowest BCUT2D eigenvalue weighted by Gasteiger charge is -2.30. The summed E-state index contributed by atoms with van der Waals surface area (Å²) in [6.45, 7) is 2.46. The Morgan fingerprint density at radius 2 is 2.03 bits per heavy atom. The number of nitrogens with zero attached hydrogens (tertiary/aromatic N) is 4. The molecule has 0 saturated heterocycles. The van der Waals surface area contributed by atoms with Crippen LogP contribution in [-0.4, -0.2) is 56.4 Å². The van der Waals surface area contributed by atoms with Gasteiger partial charge in [-0.2, -0.15) is 5.10 Å². The van der Waals surface area contributed by atoms with E-state index < -0.39 is 6.10 Å². The van der Waals surface area contributed by atoms with Crippen molar-refractivity contribution in [3.8, 4) is 0 Å². The molecule has 0 saturated carbocycles. The number of nitrogens with one attached hydrogen (secondary N) is 2. The van der Waals surface area contributed by atoms with Crippen LogP contribution >= 0.6 is 0 Å². The number of hydrogen-bond acceptors (Lipinski definition) is 6. The molecule has 0 aliphatic carbocycles. The number of amides is 1. The van der Waals surface area contributed by atoms with Gasteiger partial charge < -0.3 is 15.7 Å². The fourth-order valence-electron chi connectivity index (χ4n) is 3.65. The normalized spacial score (nSPS) is 14.7. The van der Waals surface area contributed by atoms with Crippen molar-refractivity contribution in [2.45, 2.75) is 19.1 Å². The number of aliphatic hydroxyl groups is 1. The summed E-state index contributed by atoms with van der Waals surface area (Å²) in [5.41, 5.74) is 3.17. The number of β-amino-alcohol motifs (C(OH)–C–C–N with tert-alkyl or cyclic N) is 1. The topological polar surface area (TPSA) is 95.3 Å². The third-order valence-corrected chi connectivity index (χ3v) is 5.28. The summed E-state index contributed by atoms with van der Waals surface area (Å²) in [5.74, 6) is 1.09. The van der Waals surface area contributed by atoms with Crippen LogP contribution in [0, 0.1) is 0 Å². The average molecular weight is 406 g/mol. The van der Waals surface area contributed by atoms with E-state index in [0.29, 0.717) is 17.9 Å². The smallest absolute Gasteiger partial charge is 0.251 e. The number of anilines is 2. The SMILES string of the molecule is Cn1nccc1Nc1cc(C(=O)NCC(O)CN2CCc3ccccc3C2)ccn1. The summed E-state index contributed by atoms with van der Waals surface area (Å²) < 4.78 is 1.68. The first-order valence-electron chi connectivity index (χ1n) is 10.0. The number of aliphatic hydroxyl groups excluding tert-OH is 1. The second-order valence-corrected chi connectivity index (χ2v) is 7.51. The van der Waals surface area contributed by atoms with Gasteiger partial charge in [0.05, 0.1) is 12.3 Å². The Bertz CT molecular complexity index is 1020. The fourth-order valence-corrected chi connectivity index (χ4v) is 3.65. The summed E-state index contributed by atoms with van der Waals surface area (Å²) in [6.07, 6.45) is 3.61. The van der Waals surface area contributed by atoms with Gasteiger partial charge in [0, 0.05) is 51.1 Å². The molecule has 156 valence electrons. The first kappa shape index (κ1) is 20.1. The van der Waals surface area contributed by atoms with Gasteiger partial charge in [0.25, 0.3) is 5.91 Å². The maximum absolute atomic E-state index is 12.5. The number of benzene rings is 1. The van der Waals surface area contributed by atoms with Gasteiger partial charge in [-0.15, -0.1) is 0 Å². The summed E-state index contributed by atoms with van der Waals surface area (Å²) in [7, 11) is 1.82. The Morgan fingerprint density at radius 1 is 1.20 bits per heavy atom. The molecular weight excluding hydrogens is 380 g/mol. The molecule has 8 nitrogen and oxygen atoms in total. The molecule has 1 atom stereocenters. The highest BCUT2D eigenvalue weighted by Gasteiger charge is 2.19. The first-order chi connectivity index (χ1) is 14.6. The van der Waals surface area contributed by atoms with E-state index in [1.807, 2.05) is 19.2 Å². The molecule has 2 aromatic heterocycles. The maximum atomic E-state index is 12.5. The van der Waals surface area contributed by atoms with Gasteiger partial charge in [-0.05, 0) is 29.7 Å². The number of carbonyl (C=O) groups excluding carboxylic acids is 1. The summed E-state index contributed by atoms with van der Waals surface area (Å²) >= 11 is 0. The summed E-state index contributed by atoms with van der Waals surface area (Å²) in [6, 6.07) is 13.6. The molecule has 1 aliphatic heterocycles. The van der Waals surface area contributed by atoms with Crippen molar-refractivity contribution in [1.82, 2.24) is 25.0 Å². The Hall–Kier alpha value is -3.23. The molecule has 4 rings (SSSR count). The van der Waals surface area contributed by atoms with E-state index in [2.05, 4.69) is 43.8 Å². The lowest BCUT2D eigenvalue weighted by molar-refractivity contribution is 0.0842. The Kier molecular flexibility index (Phi) is 6.06. The van der Waals surface area contributed by atoms with E-state index >= 15 is 0 Å². The molecule has 1 aromatic carbocycles. The third-order valence-electron chi connectivity index (χ3n) is 5.28. The van der Waals surface area contributed by atoms with Crippen LogP contribution in [0.1, 0.15) is 21.5 Å². The predicted molar refractivity (Wildman–Crippen MR) is 114 cm³/mol. The van der Waals surface area contributed by atoms with Gasteiger partial charge in [-0.1, -0.05) is 24.3 Å². The third kappa shape index (κ3) is 4.84. The number of fused-ring (bicyclic) bond motifs is 1. The molecule has 3 aromatic rings. The van der Waals surface area contributed by atoms with Crippen LogP contribution in [0.3, 0.4) is 0 Å². The largest absolute Gasteiger partial charge is 0.390 e. The lowest BCUT2D eigenvalue weighted by Crippen LogP contribution is -2.42. The van der Waals surface area contributed by atoms with Crippen LogP contribution in [0.25, 0.3) is 0 Å². The van der Waals surface area contributed by atoms with Crippen molar-refractivity contribution >= 4 is 17.5 Å². The lowest BCUT2D eigenvalue weighted by atomic mass is 10.00. The minimum Gasteiger partial charge on any atom is -0.390 e. The molecule has 30 heavy (non-hydrogen) atoms. The zero-order valence-corrected chi connectivity index (χ0v) is 17.0. The minimum atomic E-state index is -0.631. The Labute approximate surface area is 175 Å². The molecule has 0 fully saturated rings.